The van der Waals surface area contributed by atoms with Gasteiger partial charge in [-0.1, -0.05) is 51.5 Å². The van der Waals surface area contributed by atoms with Gasteiger partial charge in [-0.3, -0.25) is 0 Å². The Morgan fingerprint density at radius 2 is 1.78 bits per heavy atom. The smallest absolute Gasteiger partial charge is 0.0178 e. The second-order valence-electron chi connectivity index (χ2n) is 4.82. The summed E-state index contributed by atoms with van der Waals surface area (Å²) >= 11 is 0. The fraction of sp³-hybridized carbons (Fsp3) is 0.625. The monoisotopic (exact) mass is 250 g/mol. The van der Waals surface area contributed by atoms with Crippen molar-refractivity contribution in [2.45, 2.75) is 53.0 Å². The lowest BCUT2D eigenvalue weighted by atomic mass is 10.0. The molecule has 1 aromatic carbocycles. The van der Waals surface area contributed by atoms with Crippen LogP contribution in [0.2, 0.25) is 0 Å². The van der Waals surface area contributed by atoms with Gasteiger partial charge in [0.2, 0.25) is 0 Å². The standard InChI is InChI=1S/C9H13N.C7H17N/c1-2-8-4-3-5-9(6-8)7-10;1-3-7(2)5-4-6-8/h3-6H,2,7,10H2,1H3;7H,3-6,8H2,1-2H3. The summed E-state index contributed by atoms with van der Waals surface area (Å²) in [6.07, 6.45) is 4.87. The van der Waals surface area contributed by atoms with E-state index in [1.807, 2.05) is 0 Å². The quantitative estimate of drug-likeness (QED) is 0.812. The Morgan fingerprint density at radius 1 is 1.11 bits per heavy atom. The summed E-state index contributed by atoms with van der Waals surface area (Å²) in [6.45, 7) is 8.14. The molecule has 0 saturated heterocycles. The molecule has 0 fully saturated rings. The molecule has 1 atom stereocenters. The summed E-state index contributed by atoms with van der Waals surface area (Å²) in [4.78, 5) is 0. The SMILES string of the molecule is CCC(C)CCCN.CCc1cccc(CN)c1. The van der Waals surface area contributed by atoms with E-state index in [4.69, 9.17) is 11.5 Å². The Bertz CT molecular complexity index is 278. The summed E-state index contributed by atoms with van der Waals surface area (Å²) < 4.78 is 0. The van der Waals surface area contributed by atoms with Crippen molar-refractivity contribution in [3.05, 3.63) is 35.4 Å². The molecular formula is C16H30N2. The topological polar surface area (TPSA) is 52.0 Å². The molecule has 4 N–H and O–H groups in total. The van der Waals surface area contributed by atoms with Gasteiger partial charge in [-0.25, -0.2) is 0 Å². The van der Waals surface area contributed by atoms with Crippen molar-refractivity contribution in [3.8, 4) is 0 Å². The second-order valence-corrected chi connectivity index (χ2v) is 4.82. The van der Waals surface area contributed by atoms with Crippen LogP contribution in [0.3, 0.4) is 0 Å². The molecule has 0 aliphatic heterocycles. The first-order valence-electron chi connectivity index (χ1n) is 7.15. The average molecular weight is 250 g/mol. The second kappa shape index (κ2) is 11.2. The number of nitrogens with two attached hydrogens (primary N) is 2. The van der Waals surface area contributed by atoms with Crippen LogP contribution in [0, 0.1) is 5.92 Å². The van der Waals surface area contributed by atoms with Gasteiger partial charge in [-0.15, -0.1) is 0 Å². The lowest BCUT2D eigenvalue weighted by molar-refractivity contribution is 0.499. The summed E-state index contributed by atoms with van der Waals surface area (Å²) in [7, 11) is 0. The highest BCUT2D eigenvalue weighted by molar-refractivity contribution is 5.22. The van der Waals surface area contributed by atoms with Crippen LogP contribution in [0.5, 0.6) is 0 Å². The molecule has 0 radical (unpaired) electrons. The van der Waals surface area contributed by atoms with Crippen molar-refractivity contribution in [2.24, 2.45) is 17.4 Å². The maximum Gasteiger partial charge on any atom is 0.0178 e. The first kappa shape index (κ1) is 17.1. The lowest BCUT2D eigenvalue weighted by Gasteiger charge is -2.04. The predicted octanol–water partition coefficient (Wildman–Crippen LogP) is 3.48. The maximum absolute atomic E-state index is 5.47. The molecule has 1 rings (SSSR count). The number of rotatable bonds is 6. The van der Waals surface area contributed by atoms with Gasteiger partial charge < -0.3 is 11.5 Å². The lowest BCUT2D eigenvalue weighted by Crippen LogP contribution is -2.01. The van der Waals surface area contributed by atoms with Gasteiger partial charge in [-0.05, 0) is 42.9 Å². The normalized spacial score (nSPS) is 11.6. The molecule has 0 bridgehead atoms. The van der Waals surface area contributed by atoms with Gasteiger partial charge in [0.15, 0.2) is 0 Å². The molecule has 0 aliphatic rings. The van der Waals surface area contributed by atoms with Crippen LogP contribution in [0.1, 0.15) is 51.2 Å². The highest BCUT2D eigenvalue weighted by Gasteiger charge is 1.94. The van der Waals surface area contributed by atoms with Crippen molar-refractivity contribution in [2.75, 3.05) is 6.54 Å². The van der Waals surface area contributed by atoms with Gasteiger partial charge in [0.25, 0.3) is 0 Å². The van der Waals surface area contributed by atoms with E-state index in [9.17, 15) is 0 Å². The zero-order chi connectivity index (χ0) is 13.8. The van der Waals surface area contributed by atoms with E-state index in [-0.39, 0.29) is 0 Å². The minimum atomic E-state index is 0.647. The molecule has 18 heavy (non-hydrogen) atoms. The van der Waals surface area contributed by atoms with E-state index in [0.29, 0.717) is 6.54 Å². The van der Waals surface area contributed by atoms with Crippen LogP contribution in [-0.4, -0.2) is 6.54 Å². The molecular weight excluding hydrogens is 220 g/mol. The molecule has 2 heteroatoms. The van der Waals surface area contributed by atoms with Crippen LogP contribution >= 0.6 is 0 Å². The Kier molecular flexibility index (Phi) is 10.7. The third-order valence-electron chi connectivity index (χ3n) is 3.23. The first-order valence-corrected chi connectivity index (χ1v) is 7.15. The fourth-order valence-corrected chi connectivity index (χ4v) is 1.65. The minimum Gasteiger partial charge on any atom is -0.330 e. The number of hydrogen-bond acceptors (Lipinski definition) is 2. The molecule has 0 saturated carbocycles. The van der Waals surface area contributed by atoms with E-state index in [1.54, 1.807) is 0 Å². The van der Waals surface area contributed by atoms with E-state index in [0.717, 1.165) is 18.9 Å². The van der Waals surface area contributed by atoms with Gasteiger partial charge in [-0.2, -0.15) is 0 Å². The zero-order valence-corrected chi connectivity index (χ0v) is 12.3. The Labute approximate surface area is 113 Å². The summed E-state index contributed by atoms with van der Waals surface area (Å²) in [5, 5.41) is 0. The molecule has 0 spiro atoms. The van der Waals surface area contributed by atoms with Crippen molar-refractivity contribution in [1.29, 1.82) is 0 Å². The summed E-state index contributed by atoms with van der Waals surface area (Å²) in [6, 6.07) is 8.39. The van der Waals surface area contributed by atoms with Gasteiger partial charge >= 0.3 is 0 Å². The molecule has 104 valence electrons. The Morgan fingerprint density at radius 3 is 2.28 bits per heavy atom. The van der Waals surface area contributed by atoms with E-state index in [1.165, 1.54) is 30.4 Å². The van der Waals surface area contributed by atoms with E-state index < -0.39 is 0 Å². The number of benzene rings is 1. The summed E-state index contributed by atoms with van der Waals surface area (Å²) in [5.74, 6) is 0.874. The average Bonchev–Trinajstić information content (AvgIpc) is 2.45. The Balaban J connectivity index is 0.000000331. The van der Waals surface area contributed by atoms with Crippen molar-refractivity contribution >= 4 is 0 Å². The largest absolute Gasteiger partial charge is 0.330 e. The predicted molar refractivity (Wildman–Crippen MR) is 81.5 cm³/mol. The molecule has 2 nitrogen and oxygen atoms in total. The van der Waals surface area contributed by atoms with Crippen LogP contribution < -0.4 is 11.5 Å². The highest BCUT2D eigenvalue weighted by atomic mass is 14.5. The third kappa shape index (κ3) is 8.26. The van der Waals surface area contributed by atoms with Crippen LogP contribution in [0.25, 0.3) is 0 Å². The zero-order valence-electron chi connectivity index (χ0n) is 12.3. The third-order valence-corrected chi connectivity index (χ3v) is 3.23. The van der Waals surface area contributed by atoms with Crippen LogP contribution in [0.15, 0.2) is 24.3 Å². The molecule has 1 aromatic rings. The molecule has 0 aliphatic carbocycles. The van der Waals surface area contributed by atoms with Crippen LogP contribution in [0.4, 0.5) is 0 Å². The van der Waals surface area contributed by atoms with Crippen molar-refractivity contribution in [3.63, 3.8) is 0 Å². The summed E-state index contributed by atoms with van der Waals surface area (Å²) in [5.41, 5.74) is 13.4. The van der Waals surface area contributed by atoms with Gasteiger partial charge in [0.1, 0.15) is 0 Å². The maximum atomic E-state index is 5.47. The molecule has 1 unspecified atom stereocenters. The fourth-order valence-electron chi connectivity index (χ4n) is 1.65. The highest BCUT2D eigenvalue weighted by Crippen LogP contribution is 2.07. The first-order chi connectivity index (χ1) is 8.67. The van der Waals surface area contributed by atoms with E-state index >= 15 is 0 Å². The Hall–Kier alpha value is -0.860. The molecule has 0 amide bonds. The van der Waals surface area contributed by atoms with Crippen LogP contribution in [-0.2, 0) is 13.0 Å². The van der Waals surface area contributed by atoms with Gasteiger partial charge in [0, 0.05) is 6.54 Å². The number of hydrogen-bond donors (Lipinski definition) is 2. The molecule has 0 heterocycles. The molecule has 0 aromatic heterocycles. The minimum absolute atomic E-state index is 0.647. The van der Waals surface area contributed by atoms with Gasteiger partial charge in [0.05, 0.1) is 0 Å². The van der Waals surface area contributed by atoms with E-state index in [2.05, 4.69) is 45.0 Å². The number of aryl methyl sites for hydroxylation is 1. The van der Waals surface area contributed by atoms with Crippen molar-refractivity contribution < 1.29 is 0 Å². The van der Waals surface area contributed by atoms with Crippen molar-refractivity contribution in [1.82, 2.24) is 0 Å².